The Labute approximate surface area is 156 Å². The van der Waals surface area contributed by atoms with Gasteiger partial charge >= 0.3 is 12.1 Å². The zero-order chi connectivity index (χ0) is 19.8. The number of ether oxygens (including phenoxy) is 2. The highest BCUT2D eigenvalue weighted by Crippen LogP contribution is 2.26. The molecule has 27 heavy (non-hydrogen) atoms. The minimum absolute atomic E-state index is 0.0196. The number of aliphatic hydroxyl groups excluding tert-OH is 2. The van der Waals surface area contributed by atoms with Crippen molar-refractivity contribution < 1.29 is 34.4 Å². The molecule has 0 saturated heterocycles. The fourth-order valence-corrected chi connectivity index (χ4v) is 2.39. The lowest BCUT2D eigenvalue weighted by atomic mass is 9.98. The third-order valence-electron chi connectivity index (χ3n) is 3.84. The molecule has 2 aromatic carbocycles. The van der Waals surface area contributed by atoms with Crippen LogP contribution in [0.25, 0.3) is 0 Å². The van der Waals surface area contributed by atoms with Crippen molar-refractivity contribution >= 4 is 12.1 Å². The van der Waals surface area contributed by atoms with E-state index in [9.17, 15) is 24.9 Å². The monoisotopic (exact) mass is 375 g/mol. The Morgan fingerprint density at radius 3 is 2.44 bits per heavy atom. The summed E-state index contributed by atoms with van der Waals surface area (Å²) in [6.07, 6.45) is -3.76. The van der Waals surface area contributed by atoms with Crippen molar-refractivity contribution in [2.75, 3.05) is 13.7 Å². The van der Waals surface area contributed by atoms with E-state index in [-0.39, 0.29) is 24.3 Å². The molecule has 0 aliphatic rings. The molecular weight excluding hydrogens is 354 g/mol. The summed E-state index contributed by atoms with van der Waals surface area (Å²) in [7, 11) is 1.40. The topological polar surface area (TPSA) is 125 Å². The normalized spacial score (nSPS) is 12.7. The van der Waals surface area contributed by atoms with E-state index in [1.54, 1.807) is 12.1 Å². The minimum atomic E-state index is -1.54. The van der Waals surface area contributed by atoms with E-state index in [1.807, 2.05) is 18.2 Å². The van der Waals surface area contributed by atoms with Crippen molar-refractivity contribution in [3.8, 4) is 5.75 Å². The van der Waals surface area contributed by atoms with Gasteiger partial charge < -0.3 is 30.1 Å². The first kappa shape index (κ1) is 20.2. The Balaban J connectivity index is 1.94. The van der Waals surface area contributed by atoms with E-state index in [1.165, 1.54) is 25.3 Å². The number of amides is 1. The van der Waals surface area contributed by atoms with Crippen molar-refractivity contribution in [3.05, 3.63) is 65.2 Å². The first-order valence-corrected chi connectivity index (χ1v) is 8.14. The second-order valence-corrected chi connectivity index (χ2v) is 5.71. The molecule has 0 saturated carbocycles. The molecule has 0 fully saturated rings. The summed E-state index contributed by atoms with van der Waals surface area (Å²) in [5.41, 5.74) is 0.610. The Hall–Kier alpha value is -3.10. The standard InChI is InChI=1S/C19H21NO7/c1-26-13-7-8-14(18(23)24)15(9-13)17(22)16(21)10-20-19(25)27-11-12-5-3-2-4-6-12/h2-9,16-17,21-22H,10-11H2,1H3,(H,20,25)(H,23,24). The van der Waals surface area contributed by atoms with Gasteiger partial charge in [0.05, 0.1) is 12.7 Å². The van der Waals surface area contributed by atoms with Gasteiger partial charge in [-0.05, 0) is 23.8 Å². The number of hydrogen-bond acceptors (Lipinski definition) is 6. The van der Waals surface area contributed by atoms with Crippen LogP contribution < -0.4 is 10.1 Å². The SMILES string of the molecule is COc1ccc(C(=O)O)c(C(O)C(O)CNC(=O)OCc2ccccc2)c1. The zero-order valence-corrected chi connectivity index (χ0v) is 14.7. The van der Waals surface area contributed by atoms with E-state index >= 15 is 0 Å². The van der Waals surface area contributed by atoms with E-state index in [0.29, 0.717) is 5.75 Å². The first-order chi connectivity index (χ1) is 12.9. The maximum atomic E-state index is 11.7. The Morgan fingerprint density at radius 1 is 1.11 bits per heavy atom. The van der Waals surface area contributed by atoms with E-state index in [0.717, 1.165) is 5.56 Å². The molecule has 0 aliphatic heterocycles. The van der Waals surface area contributed by atoms with Crippen molar-refractivity contribution in [1.29, 1.82) is 0 Å². The number of benzene rings is 2. The van der Waals surface area contributed by atoms with Gasteiger partial charge in [0.1, 0.15) is 24.6 Å². The van der Waals surface area contributed by atoms with Gasteiger partial charge in [0.15, 0.2) is 0 Å². The van der Waals surface area contributed by atoms with Crippen LogP contribution in [0.2, 0.25) is 0 Å². The quantitative estimate of drug-likeness (QED) is 0.553. The third kappa shape index (κ3) is 5.70. The number of alkyl carbamates (subject to hydrolysis) is 1. The summed E-state index contributed by atoms with van der Waals surface area (Å²) in [6.45, 7) is -0.268. The lowest BCUT2D eigenvalue weighted by Crippen LogP contribution is -2.36. The molecule has 144 valence electrons. The predicted molar refractivity (Wildman–Crippen MR) is 95.5 cm³/mol. The number of nitrogens with one attached hydrogen (secondary N) is 1. The Morgan fingerprint density at radius 2 is 1.81 bits per heavy atom. The smallest absolute Gasteiger partial charge is 0.407 e. The molecule has 4 N–H and O–H groups in total. The number of methoxy groups -OCH3 is 1. The highest BCUT2D eigenvalue weighted by atomic mass is 16.5. The number of carboxylic acid groups (broad SMARTS) is 1. The van der Waals surface area contributed by atoms with Crippen LogP contribution in [0, 0.1) is 0 Å². The van der Waals surface area contributed by atoms with Gasteiger partial charge in [0.25, 0.3) is 0 Å². The highest BCUT2D eigenvalue weighted by molar-refractivity contribution is 5.89. The van der Waals surface area contributed by atoms with Gasteiger partial charge in [-0.15, -0.1) is 0 Å². The van der Waals surface area contributed by atoms with Crippen molar-refractivity contribution in [1.82, 2.24) is 5.32 Å². The number of carboxylic acids is 1. The van der Waals surface area contributed by atoms with Gasteiger partial charge in [0, 0.05) is 12.1 Å². The number of aromatic carboxylic acids is 1. The molecule has 1 amide bonds. The molecule has 0 radical (unpaired) electrons. The van der Waals surface area contributed by atoms with E-state index < -0.39 is 24.3 Å². The zero-order valence-electron chi connectivity index (χ0n) is 14.7. The van der Waals surface area contributed by atoms with Gasteiger partial charge in [0.2, 0.25) is 0 Å². The van der Waals surface area contributed by atoms with Crippen LogP contribution in [0.3, 0.4) is 0 Å². The number of rotatable bonds is 8. The van der Waals surface area contributed by atoms with Gasteiger partial charge in [-0.3, -0.25) is 0 Å². The van der Waals surface area contributed by atoms with Gasteiger partial charge in [-0.2, -0.15) is 0 Å². The fraction of sp³-hybridized carbons (Fsp3) is 0.263. The molecule has 0 bridgehead atoms. The molecular formula is C19H21NO7. The van der Waals surface area contributed by atoms with E-state index in [2.05, 4.69) is 5.32 Å². The maximum absolute atomic E-state index is 11.7. The average Bonchev–Trinajstić information content (AvgIpc) is 2.69. The summed E-state index contributed by atoms with van der Waals surface area (Å²) in [6, 6.07) is 13.1. The van der Waals surface area contributed by atoms with Crippen LogP contribution >= 0.6 is 0 Å². The molecule has 0 aliphatic carbocycles. The summed E-state index contributed by atoms with van der Waals surface area (Å²) in [5, 5.41) is 32.0. The molecule has 2 atom stereocenters. The van der Waals surface area contributed by atoms with Crippen LogP contribution in [0.15, 0.2) is 48.5 Å². The molecule has 0 aromatic heterocycles. The first-order valence-electron chi connectivity index (χ1n) is 8.14. The average molecular weight is 375 g/mol. The maximum Gasteiger partial charge on any atom is 0.407 e. The van der Waals surface area contributed by atoms with Crippen LogP contribution in [-0.4, -0.2) is 47.1 Å². The molecule has 8 heteroatoms. The largest absolute Gasteiger partial charge is 0.497 e. The summed E-state index contributed by atoms with van der Waals surface area (Å²) in [5.74, 6) is -0.925. The van der Waals surface area contributed by atoms with Crippen LogP contribution in [-0.2, 0) is 11.3 Å². The second kappa shape index (κ2) is 9.56. The third-order valence-corrected chi connectivity index (χ3v) is 3.84. The predicted octanol–water partition coefficient (Wildman–Crippen LogP) is 1.71. The van der Waals surface area contributed by atoms with Gasteiger partial charge in [-0.25, -0.2) is 9.59 Å². The van der Waals surface area contributed by atoms with Crippen molar-refractivity contribution in [2.24, 2.45) is 0 Å². The summed E-state index contributed by atoms with van der Waals surface area (Å²) < 4.78 is 10.0. The highest BCUT2D eigenvalue weighted by Gasteiger charge is 2.25. The molecule has 0 heterocycles. The molecule has 2 unspecified atom stereocenters. The molecule has 8 nitrogen and oxygen atoms in total. The minimum Gasteiger partial charge on any atom is -0.497 e. The van der Waals surface area contributed by atoms with Crippen LogP contribution in [0.4, 0.5) is 4.79 Å². The number of carbonyl (C=O) groups is 2. The molecule has 2 aromatic rings. The Kier molecular flexibility index (Phi) is 7.16. The lowest BCUT2D eigenvalue weighted by Gasteiger charge is -2.20. The van der Waals surface area contributed by atoms with Gasteiger partial charge in [-0.1, -0.05) is 30.3 Å². The number of hydrogen-bond donors (Lipinski definition) is 4. The van der Waals surface area contributed by atoms with Crippen molar-refractivity contribution in [3.63, 3.8) is 0 Å². The summed E-state index contributed by atoms with van der Waals surface area (Å²) in [4.78, 5) is 23.0. The van der Waals surface area contributed by atoms with Crippen LogP contribution in [0.5, 0.6) is 5.75 Å². The van der Waals surface area contributed by atoms with Crippen molar-refractivity contribution in [2.45, 2.75) is 18.8 Å². The Bertz CT molecular complexity index is 779. The number of carbonyl (C=O) groups excluding carboxylic acids is 1. The van der Waals surface area contributed by atoms with Crippen LogP contribution in [0.1, 0.15) is 27.6 Å². The molecule has 2 rings (SSSR count). The lowest BCUT2D eigenvalue weighted by molar-refractivity contribution is 0.0173. The molecule has 0 spiro atoms. The second-order valence-electron chi connectivity index (χ2n) is 5.71. The summed E-state index contributed by atoms with van der Waals surface area (Å²) >= 11 is 0. The fourth-order valence-electron chi connectivity index (χ4n) is 2.39. The van der Waals surface area contributed by atoms with E-state index in [4.69, 9.17) is 9.47 Å². The number of aliphatic hydroxyl groups is 2.